The molecule has 0 radical (unpaired) electrons. The third-order valence-electron chi connectivity index (χ3n) is 10.6. The Hall–Kier alpha value is -0.260. The van der Waals surface area contributed by atoms with Gasteiger partial charge in [0.05, 0.1) is 0 Å². The Kier molecular flexibility index (Phi) is 25.8. The van der Waals surface area contributed by atoms with Crippen LogP contribution in [0.5, 0.6) is 0 Å². The predicted octanol–water partition coefficient (Wildman–Crippen LogP) is 15.5. The van der Waals surface area contributed by atoms with Crippen LogP contribution in [0.4, 0.5) is 0 Å². The molecule has 0 aromatic heterocycles. The molecule has 0 unspecified atom stereocenters. The van der Waals surface area contributed by atoms with Crippen LogP contribution in [0.1, 0.15) is 240 Å². The molecule has 0 aliphatic heterocycles. The minimum atomic E-state index is 0.523. The fourth-order valence-corrected chi connectivity index (χ4v) is 7.85. The van der Waals surface area contributed by atoms with Crippen LogP contribution < -0.4 is 0 Å². The summed E-state index contributed by atoms with van der Waals surface area (Å²) in [5, 5.41) is 0. The zero-order valence-corrected chi connectivity index (χ0v) is 29.5. The average molecular weight is 573 g/mol. The standard InChI is InChI=1S/C41H80/c1-5-9-13-17-21-25-29-33-40(34-30-26-22-18-14-10-6-2)37-38-41(39-40,35-31-27-23-19-15-11-7-3)36-32-28-24-20-16-12-8-4/h37-38H,5-36,39H2,1-4H3. The van der Waals surface area contributed by atoms with Crippen molar-refractivity contribution in [2.45, 2.75) is 240 Å². The van der Waals surface area contributed by atoms with E-state index in [9.17, 15) is 0 Å². The molecule has 0 fully saturated rings. The van der Waals surface area contributed by atoms with Gasteiger partial charge in [-0.15, -0.1) is 0 Å². The third-order valence-corrected chi connectivity index (χ3v) is 10.6. The summed E-state index contributed by atoms with van der Waals surface area (Å²) >= 11 is 0. The quantitative estimate of drug-likeness (QED) is 0.0555. The summed E-state index contributed by atoms with van der Waals surface area (Å²) in [6, 6.07) is 0. The zero-order valence-electron chi connectivity index (χ0n) is 29.5. The monoisotopic (exact) mass is 573 g/mol. The average Bonchev–Trinajstić information content (AvgIpc) is 3.34. The molecule has 0 N–H and O–H groups in total. The number of allylic oxidation sites excluding steroid dienone is 2. The summed E-state index contributed by atoms with van der Waals surface area (Å²) in [6.45, 7) is 9.35. The smallest absolute Gasteiger partial charge is 0.0110 e. The summed E-state index contributed by atoms with van der Waals surface area (Å²) in [6.07, 6.45) is 53.6. The predicted molar refractivity (Wildman–Crippen MR) is 189 cm³/mol. The molecule has 41 heavy (non-hydrogen) atoms. The van der Waals surface area contributed by atoms with Crippen molar-refractivity contribution in [2.24, 2.45) is 10.8 Å². The largest absolute Gasteiger partial charge is 0.0817 e. The van der Waals surface area contributed by atoms with Crippen LogP contribution in [0.3, 0.4) is 0 Å². The molecule has 0 bridgehead atoms. The summed E-state index contributed by atoms with van der Waals surface area (Å²) < 4.78 is 0. The number of hydrogen-bond acceptors (Lipinski definition) is 0. The van der Waals surface area contributed by atoms with Crippen molar-refractivity contribution in [1.82, 2.24) is 0 Å². The van der Waals surface area contributed by atoms with Gasteiger partial charge in [-0.25, -0.2) is 0 Å². The Morgan fingerprint density at radius 3 is 0.707 bits per heavy atom. The lowest BCUT2D eigenvalue weighted by Gasteiger charge is -2.36. The first-order valence-corrected chi connectivity index (χ1v) is 19.9. The van der Waals surface area contributed by atoms with E-state index >= 15 is 0 Å². The minimum absolute atomic E-state index is 0.523. The Labute approximate surface area is 262 Å². The van der Waals surface area contributed by atoms with Crippen LogP contribution >= 0.6 is 0 Å². The van der Waals surface area contributed by atoms with Gasteiger partial charge in [0.15, 0.2) is 0 Å². The van der Waals surface area contributed by atoms with E-state index in [0.29, 0.717) is 10.8 Å². The van der Waals surface area contributed by atoms with Crippen molar-refractivity contribution in [3.05, 3.63) is 12.2 Å². The van der Waals surface area contributed by atoms with Gasteiger partial charge in [-0.3, -0.25) is 0 Å². The van der Waals surface area contributed by atoms with Crippen molar-refractivity contribution < 1.29 is 0 Å². The van der Waals surface area contributed by atoms with Crippen molar-refractivity contribution >= 4 is 0 Å². The number of unbranched alkanes of at least 4 members (excludes halogenated alkanes) is 24. The molecule has 0 heteroatoms. The van der Waals surface area contributed by atoms with Gasteiger partial charge in [0, 0.05) is 0 Å². The lowest BCUT2D eigenvalue weighted by molar-refractivity contribution is 0.183. The van der Waals surface area contributed by atoms with Gasteiger partial charge in [0.25, 0.3) is 0 Å². The van der Waals surface area contributed by atoms with Gasteiger partial charge in [0.2, 0.25) is 0 Å². The second kappa shape index (κ2) is 27.3. The highest BCUT2D eigenvalue weighted by atomic mass is 14.5. The molecule has 1 aliphatic rings. The molecule has 0 spiro atoms. The number of rotatable bonds is 32. The van der Waals surface area contributed by atoms with E-state index in [1.165, 1.54) is 212 Å². The van der Waals surface area contributed by atoms with Gasteiger partial charge in [-0.2, -0.15) is 0 Å². The van der Waals surface area contributed by atoms with E-state index in [1.54, 1.807) is 0 Å². The Balaban J connectivity index is 2.70. The van der Waals surface area contributed by atoms with E-state index in [2.05, 4.69) is 39.8 Å². The molecule has 0 atom stereocenters. The normalized spacial score (nSPS) is 15.7. The highest BCUT2D eigenvalue weighted by Crippen LogP contribution is 2.54. The molecule has 0 nitrogen and oxygen atoms in total. The summed E-state index contributed by atoms with van der Waals surface area (Å²) in [4.78, 5) is 0. The molecule has 0 amide bonds. The second-order valence-corrected chi connectivity index (χ2v) is 14.7. The lowest BCUT2D eigenvalue weighted by Crippen LogP contribution is -2.24. The highest BCUT2D eigenvalue weighted by molar-refractivity contribution is 5.17. The van der Waals surface area contributed by atoms with Crippen LogP contribution in [0.15, 0.2) is 12.2 Å². The maximum absolute atomic E-state index is 2.82. The van der Waals surface area contributed by atoms with E-state index < -0.39 is 0 Å². The van der Waals surface area contributed by atoms with E-state index in [-0.39, 0.29) is 0 Å². The summed E-state index contributed by atoms with van der Waals surface area (Å²) in [7, 11) is 0. The van der Waals surface area contributed by atoms with Gasteiger partial charge < -0.3 is 0 Å². The van der Waals surface area contributed by atoms with Gasteiger partial charge in [0.1, 0.15) is 0 Å². The fourth-order valence-electron chi connectivity index (χ4n) is 7.85. The molecule has 0 aromatic rings. The van der Waals surface area contributed by atoms with Crippen molar-refractivity contribution in [1.29, 1.82) is 0 Å². The molecule has 0 heterocycles. The molecule has 0 saturated carbocycles. The maximum atomic E-state index is 2.82. The first kappa shape index (κ1) is 38.8. The lowest BCUT2D eigenvalue weighted by atomic mass is 9.69. The Morgan fingerprint density at radius 2 is 0.488 bits per heavy atom. The molecule has 1 rings (SSSR count). The number of hydrogen-bond donors (Lipinski definition) is 0. The van der Waals surface area contributed by atoms with Gasteiger partial charge in [-0.05, 0) is 42.9 Å². The Bertz CT molecular complexity index is 472. The maximum Gasteiger partial charge on any atom is -0.0110 e. The van der Waals surface area contributed by atoms with E-state index in [1.807, 2.05) is 0 Å². The molecular formula is C41H80. The molecule has 244 valence electrons. The van der Waals surface area contributed by atoms with Gasteiger partial charge >= 0.3 is 0 Å². The van der Waals surface area contributed by atoms with Crippen LogP contribution in [-0.2, 0) is 0 Å². The summed E-state index contributed by atoms with van der Waals surface area (Å²) in [5.74, 6) is 0. The third kappa shape index (κ3) is 20.3. The van der Waals surface area contributed by atoms with Crippen LogP contribution in [0.2, 0.25) is 0 Å². The van der Waals surface area contributed by atoms with E-state index in [4.69, 9.17) is 0 Å². The molecule has 1 aliphatic carbocycles. The van der Waals surface area contributed by atoms with Crippen molar-refractivity contribution in [3.63, 3.8) is 0 Å². The summed E-state index contributed by atoms with van der Waals surface area (Å²) in [5.41, 5.74) is 1.05. The minimum Gasteiger partial charge on any atom is -0.0817 e. The van der Waals surface area contributed by atoms with E-state index in [0.717, 1.165) is 0 Å². The van der Waals surface area contributed by atoms with Crippen LogP contribution in [0, 0.1) is 10.8 Å². The SMILES string of the molecule is CCCCCCCCCC1(CCCCCCCCC)C=CC(CCCCCCCCC)(CCCCCCCCC)C1. The fraction of sp³-hybridized carbons (Fsp3) is 0.951. The topological polar surface area (TPSA) is 0 Å². The molecular weight excluding hydrogens is 492 g/mol. The highest BCUT2D eigenvalue weighted by Gasteiger charge is 2.42. The molecule has 0 saturated heterocycles. The zero-order chi connectivity index (χ0) is 29.7. The van der Waals surface area contributed by atoms with Gasteiger partial charge in [-0.1, -0.05) is 220 Å². The second-order valence-electron chi connectivity index (χ2n) is 14.7. The van der Waals surface area contributed by atoms with Crippen LogP contribution in [-0.4, -0.2) is 0 Å². The Morgan fingerprint density at radius 1 is 0.293 bits per heavy atom. The molecule has 0 aromatic carbocycles. The first-order chi connectivity index (χ1) is 20.2. The van der Waals surface area contributed by atoms with Crippen molar-refractivity contribution in [2.75, 3.05) is 0 Å². The van der Waals surface area contributed by atoms with Crippen LogP contribution in [0.25, 0.3) is 0 Å². The van der Waals surface area contributed by atoms with Crippen molar-refractivity contribution in [3.8, 4) is 0 Å². The first-order valence-electron chi connectivity index (χ1n) is 19.9.